The van der Waals surface area contributed by atoms with Crippen molar-refractivity contribution in [3.8, 4) is 6.07 Å². The monoisotopic (exact) mass is 493 g/mol. The molecule has 0 unspecified atom stereocenters. The quantitative estimate of drug-likeness (QED) is 0.204. The number of H-pyrrole nitrogens is 2. The molecule has 0 fully saturated rings. The standard InChI is InChI=1S/C10H10N2O2.C8H5N3.C2H6O.CH4.H2O4S/c1-2-14-10(13)8-5-7-3-4-11-9(7)12-6-8;9-4-6-3-7-1-2-10-8(7)11-5-6;1-2-3;;1-5(2,3)4/h3-6H,2H2,1H3,(H,11,12);1-3,5H,(H,10,11);3H,2H2,1H3;1H4;(H2,1,2,3,4). The van der Waals surface area contributed by atoms with Crippen molar-refractivity contribution in [2.45, 2.75) is 21.3 Å². The first-order valence-electron chi connectivity index (χ1n) is 9.37. The third kappa shape index (κ3) is 11.2. The van der Waals surface area contributed by atoms with Gasteiger partial charge in [-0.05, 0) is 38.1 Å². The summed E-state index contributed by atoms with van der Waals surface area (Å²) in [5.41, 5.74) is 2.68. The second-order valence-electron chi connectivity index (χ2n) is 5.88. The highest BCUT2D eigenvalue weighted by atomic mass is 32.3. The van der Waals surface area contributed by atoms with Crippen LogP contribution >= 0.6 is 0 Å². The maximum atomic E-state index is 11.3. The Bertz CT molecular complexity index is 1300. The van der Waals surface area contributed by atoms with Crippen LogP contribution in [0.5, 0.6) is 0 Å². The number of aliphatic hydroxyl groups excluding tert-OH is 1. The summed E-state index contributed by atoms with van der Waals surface area (Å²) < 4.78 is 36.4. The zero-order chi connectivity index (χ0) is 24.9. The maximum Gasteiger partial charge on any atom is 0.394 e. The number of ether oxygens (including phenoxy) is 1. The van der Waals surface area contributed by atoms with Crippen molar-refractivity contribution in [1.82, 2.24) is 19.9 Å². The fourth-order valence-electron chi connectivity index (χ4n) is 2.27. The van der Waals surface area contributed by atoms with E-state index in [1.54, 1.807) is 44.6 Å². The number of hydrogen-bond donors (Lipinski definition) is 5. The van der Waals surface area contributed by atoms with E-state index in [-0.39, 0.29) is 20.0 Å². The number of rotatable bonds is 2. The first-order valence-corrected chi connectivity index (χ1v) is 10.8. The van der Waals surface area contributed by atoms with Crippen LogP contribution in [0.15, 0.2) is 49.1 Å². The van der Waals surface area contributed by atoms with Gasteiger partial charge in [-0.25, -0.2) is 14.8 Å². The summed E-state index contributed by atoms with van der Waals surface area (Å²) >= 11 is 0. The Morgan fingerprint density at radius 1 is 1.06 bits per heavy atom. The summed E-state index contributed by atoms with van der Waals surface area (Å²) in [7, 11) is -4.67. The van der Waals surface area contributed by atoms with Gasteiger partial charge >= 0.3 is 16.4 Å². The largest absolute Gasteiger partial charge is 0.462 e. The van der Waals surface area contributed by atoms with Crippen LogP contribution in [-0.2, 0) is 15.1 Å². The molecule has 4 heterocycles. The molecule has 0 radical (unpaired) electrons. The van der Waals surface area contributed by atoms with E-state index in [1.807, 2.05) is 18.2 Å². The van der Waals surface area contributed by atoms with Crippen molar-refractivity contribution < 1.29 is 32.2 Å². The lowest BCUT2D eigenvalue weighted by atomic mass is 10.2. The molecule has 0 aromatic carbocycles. The molecule has 0 atom stereocenters. The molecule has 0 saturated carbocycles. The number of nitriles is 1. The van der Waals surface area contributed by atoms with Gasteiger partial charge in [0.2, 0.25) is 0 Å². The number of aromatic nitrogens is 4. The van der Waals surface area contributed by atoms with E-state index in [1.165, 1.54) is 6.20 Å². The molecule has 0 amide bonds. The molecule has 13 heteroatoms. The molecular weight excluding hydrogens is 466 g/mol. The molecule has 4 rings (SSSR count). The second-order valence-corrected chi connectivity index (χ2v) is 6.77. The van der Waals surface area contributed by atoms with Crippen LogP contribution in [0.3, 0.4) is 0 Å². The Hall–Kier alpha value is -3.83. The molecular formula is C21H27N5O7S. The lowest BCUT2D eigenvalue weighted by Crippen LogP contribution is -2.04. The molecule has 0 aliphatic rings. The van der Waals surface area contributed by atoms with Gasteiger partial charge in [-0.15, -0.1) is 0 Å². The first kappa shape index (κ1) is 30.2. The van der Waals surface area contributed by atoms with Gasteiger partial charge in [-0.2, -0.15) is 13.7 Å². The van der Waals surface area contributed by atoms with Gasteiger partial charge in [-0.1, -0.05) is 7.43 Å². The van der Waals surface area contributed by atoms with Crippen LogP contribution in [0, 0.1) is 11.3 Å². The van der Waals surface area contributed by atoms with Gasteiger partial charge in [0.15, 0.2) is 0 Å². The van der Waals surface area contributed by atoms with E-state index >= 15 is 0 Å². The number of carbonyl (C=O) groups is 1. The minimum atomic E-state index is -4.67. The summed E-state index contributed by atoms with van der Waals surface area (Å²) in [5.74, 6) is -0.330. The summed E-state index contributed by atoms with van der Waals surface area (Å²) in [6.07, 6.45) is 6.65. The highest BCUT2D eigenvalue weighted by Gasteiger charge is 2.07. The number of fused-ring (bicyclic) bond motifs is 2. The zero-order valence-electron chi connectivity index (χ0n) is 17.8. The number of aliphatic hydroxyl groups is 1. The van der Waals surface area contributed by atoms with Gasteiger partial charge in [-0.3, -0.25) is 9.11 Å². The fraction of sp³-hybridized carbons (Fsp3) is 0.238. The number of nitrogens with zero attached hydrogens (tertiary/aromatic N) is 3. The molecule has 0 aliphatic carbocycles. The maximum absolute atomic E-state index is 11.3. The minimum absolute atomic E-state index is 0. The van der Waals surface area contributed by atoms with Crippen molar-refractivity contribution >= 4 is 38.4 Å². The molecule has 0 saturated heterocycles. The molecule has 184 valence electrons. The van der Waals surface area contributed by atoms with Crippen LogP contribution in [-0.4, -0.2) is 61.7 Å². The van der Waals surface area contributed by atoms with Crippen LogP contribution in [0.25, 0.3) is 22.1 Å². The van der Waals surface area contributed by atoms with E-state index in [9.17, 15) is 4.79 Å². The number of aromatic amines is 2. The van der Waals surface area contributed by atoms with Crippen molar-refractivity contribution in [2.75, 3.05) is 13.2 Å². The van der Waals surface area contributed by atoms with E-state index in [0.29, 0.717) is 17.7 Å². The Labute approximate surface area is 196 Å². The van der Waals surface area contributed by atoms with Gasteiger partial charge in [0.25, 0.3) is 0 Å². The normalized spacial score (nSPS) is 9.65. The average Bonchev–Trinajstić information content (AvgIpc) is 3.41. The summed E-state index contributed by atoms with van der Waals surface area (Å²) in [6, 6.07) is 9.36. The number of esters is 1. The number of nitrogens with one attached hydrogen (secondary N) is 2. The minimum Gasteiger partial charge on any atom is -0.462 e. The predicted octanol–water partition coefficient (Wildman–Crippen LogP) is 3.16. The molecule has 12 nitrogen and oxygen atoms in total. The van der Waals surface area contributed by atoms with Crippen LogP contribution in [0.4, 0.5) is 0 Å². The topological polar surface area (TPSA) is 202 Å². The zero-order valence-corrected chi connectivity index (χ0v) is 18.6. The molecule has 0 aliphatic heterocycles. The Balaban J connectivity index is 0.000000486. The molecule has 0 spiro atoms. The average molecular weight is 494 g/mol. The van der Waals surface area contributed by atoms with E-state index in [2.05, 4.69) is 19.9 Å². The van der Waals surface area contributed by atoms with E-state index in [0.717, 1.165) is 22.1 Å². The van der Waals surface area contributed by atoms with Crippen molar-refractivity contribution in [2.24, 2.45) is 0 Å². The number of hydrogen-bond acceptors (Lipinski definition) is 8. The smallest absolute Gasteiger partial charge is 0.394 e. The highest BCUT2D eigenvalue weighted by Crippen LogP contribution is 2.12. The predicted molar refractivity (Wildman–Crippen MR) is 127 cm³/mol. The SMILES string of the molecule is C.CCO.CCOC(=O)c1cnc2[nH]ccc2c1.N#Cc1cnc2[nH]ccc2c1.O=S(=O)(O)O. The summed E-state index contributed by atoms with van der Waals surface area (Å²) in [6.45, 7) is 4.09. The van der Waals surface area contributed by atoms with Crippen LogP contribution in [0.2, 0.25) is 0 Å². The number of pyridine rings is 2. The van der Waals surface area contributed by atoms with Crippen molar-refractivity contribution in [1.29, 1.82) is 5.26 Å². The lowest BCUT2D eigenvalue weighted by molar-refractivity contribution is 0.0526. The highest BCUT2D eigenvalue weighted by molar-refractivity contribution is 7.79. The number of carbonyl (C=O) groups excluding carboxylic acids is 1. The third-order valence-corrected chi connectivity index (χ3v) is 3.44. The van der Waals surface area contributed by atoms with Crippen LogP contribution in [0.1, 0.15) is 37.2 Å². The fourth-order valence-corrected chi connectivity index (χ4v) is 2.27. The lowest BCUT2D eigenvalue weighted by Gasteiger charge is -2.00. The van der Waals surface area contributed by atoms with Gasteiger partial charge in [0, 0.05) is 42.2 Å². The molecule has 34 heavy (non-hydrogen) atoms. The molecule has 5 N–H and O–H groups in total. The Kier molecular flexibility index (Phi) is 13.4. The third-order valence-electron chi connectivity index (χ3n) is 3.44. The first-order chi connectivity index (χ1) is 15.6. The Morgan fingerprint density at radius 2 is 1.53 bits per heavy atom. The molecule has 0 bridgehead atoms. The molecule has 4 aromatic heterocycles. The van der Waals surface area contributed by atoms with Gasteiger partial charge < -0.3 is 19.8 Å². The van der Waals surface area contributed by atoms with Gasteiger partial charge in [0.1, 0.15) is 17.4 Å². The van der Waals surface area contributed by atoms with Crippen molar-refractivity contribution in [3.05, 3.63) is 60.2 Å². The second kappa shape index (κ2) is 15.1. The summed E-state index contributed by atoms with van der Waals surface area (Å²) in [4.78, 5) is 25.4. The molecule has 4 aromatic rings. The summed E-state index contributed by atoms with van der Waals surface area (Å²) in [5, 5.41) is 18.0. The van der Waals surface area contributed by atoms with Crippen LogP contribution < -0.4 is 0 Å². The van der Waals surface area contributed by atoms with Crippen molar-refractivity contribution in [3.63, 3.8) is 0 Å². The van der Waals surface area contributed by atoms with E-state index in [4.69, 9.17) is 32.6 Å². The van der Waals surface area contributed by atoms with E-state index < -0.39 is 10.4 Å². The Morgan fingerprint density at radius 3 is 2.00 bits per heavy atom. The van der Waals surface area contributed by atoms with Gasteiger partial charge in [0.05, 0.1) is 17.7 Å².